The van der Waals surface area contributed by atoms with E-state index in [2.05, 4.69) is 4.98 Å². The quantitative estimate of drug-likeness (QED) is 0.934. The van der Waals surface area contributed by atoms with Crippen LogP contribution in [-0.4, -0.2) is 10.1 Å². The third-order valence-electron chi connectivity index (χ3n) is 3.55. The molecule has 4 heteroatoms. The van der Waals surface area contributed by atoms with Crippen molar-refractivity contribution in [1.82, 2.24) is 4.98 Å². The summed E-state index contributed by atoms with van der Waals surface area (Å²) in [5, 5.41) is 11.8. The highest BCUT2D eigenvalue weighted by Gasteiger charge is 2.46. The molecule has 19 heavy (non-hydrogen) atoms. The fourth-order valence-electron chi connectivity index (χ4n) is 2.43. The molecule has 1 saturated carbocycles. The van der Waals surface area contributed by atoms with Crippen LogP contribution >= 0.6 is 24.0 Å². The van der Waals surface area contributed by atoms with Crippen LogP contribution in [0.2, 0.25) is 5.02 Å². The Labute approximate surface area is 123 Å². The zero-order valence-electron chi connectivity index (χ0n) is 10.3. The average Bonchev–Trinajstić information content (AvgIpc) is 3.24. The minimum Gasteiger partial charge on any atom is -0.380 e. The van der Waals surface area contributed by atoms with Crippen molar-refractivity contribution >= 4 is 24.0 Å². The standard InChI is InChI=1S/C15H14ClNO.ClH/c16-14-7-5-12(6-8-14)15(18,11-3-4-11)13-2-1-9-17-10-13;/h1-2,5-11,18H,3-4H2;1H. The minimum atomic E-state index is -0.932. The Morgan fingerprint density at radius 2 is 1.79 bits per heavy atom. The van der Waals surface area contributed by atoms with E-state index in [9.17, 15) is 5.11 Å². The van der Waals surface area contributed by atoms with Crippen LogP contribution in [0.15, 0.2) is 48.8 Å². The van der Waals surface area contributed by atoms with E-state index < -0.39 is 5.60 Å². The maximum Gasteiger partial charge on any atom is 0.119 e. The Bertz CT molecular complexity index is 540. The van der Waals surface area contributed by atoms with Crippen molar-refractivity contribution in [3.8, 4) is 0 Å². The van der Waals surface area contributed by atoms with Crippen molar-refractivity contribution in [2.75, 3.05) is 0 Å². The van der Waals surface area contributed by atoms with Crippen LogP contribution in [0.1, 0.15) is 24.0 Å². The molecule has 1 fully saturated rings. The first-order valence-corrected chi connectivity index (χ1v) is 6.48. The van der Waals surface area contributed by atoms with Crippen LogP contribution in [-0.2, 0) is 5.60 Å². The van der Waals surface area contributed by atoms with Gasteiger partial charge >= 0.3 is 0 Å². The van der Waals surface area contributed by atoms with Gasteiger partial charge in [0.15, 0.2) is 0 Å². The molecule has 0 bridgehead atoms. The Hall–Kier alpha value is -1.09. The Morgan fingerprint density at radius 3 is 2.32 bits per heavy atom. The van der Waals surface area contributed by atoms with Crippen molar-refractivity contribution < 1.29 is 5.11 Å². The molecular weight excluding hydrogens is 281 g/mol. The number of nitrogens with zero attached hydrogens (tertiary/aromatic N) is 1. The van der Waals surface area contributed by atoms with Gasteiger partial charge in [0.2, 0.25) is 0 Å². The maximum absolute atomic E-state index is 11.1. The molecule has 1 atom stereocenters. The number of pyridine rings is 1. The molecule has 1 N–H and O–H groups in total. The van der Waals surface area contributed by atoms with Crippen LogP contribution in [0.25, 0.3) is 0 Å². The smallest absolute Gasteiger partial charge is 0.119 e. The topological polar surface area (TPSA) is 33.1 Å². The lowest BCUT2D eigenvalue weighted by atomic mass is 9.83. The molecule has 0 aliphatic heterocycles. The Kier molecular flexibility index (Phi) is 4.14. The average molecular weight is 296 g/mol. The molecule has 2 aromatic rings. The van der Waals surface area contributed by atoms with Gasteiger partial charge in [0.25, 0.3) is 0 Å². The van der Waals surface area contributed by atoms with Gasteiger partial charge in [0.05, 0.1) is 0 Å². The van der Waals surface area contributed by atoms with E-state index in [4.69, 9.17) is 11.6 Å². The minimum absolute atomic E-state index is 0. The van der Waals surface area contributed by atoms with Crippen molar-refractivity contribution in [3.05, 3.63) is 64.9 Å². The summed E-state index contributed by atoms with van der Waals surface area (Å²) in [7, 11) is 0. The zero-order chi connectivity index (χ0) is 12.6. The second-order valence-corrected chi connectivity index (χ2v) is 5.23. The van der Waals surface area contributed by atoms with Gasteiger partial charge in [-0.2, -0.15) is 0 Å². The first-order chi connectivity index (χ1) is 8.71. The highest BCUT2D eigenvalue weighted by Crippen LogP contribution is 2.49. The van der Waals surface area contributed by atoms with E-state index in [0.29, 0.717) is 5.02 Å². The molecule has 0 spiro atoms. The Balaban J connectivity index is 0.00000133. The fraction of sp³-hybridized carbons (Fsp3) is 0.267. The maximum atomic E-state index is 11.1. The van der Waals surface area contributed by atoms with Crippen molar-refractivity contribution in [2.24, 2.45) is 5.92 Å². The first kappa shape index (κ1) is 14.3. The van der Waals surface area contributed by atoms with E-state index in [-0.39, 0.29) is 18.3 Å². The largest absolute Gasteiger partial charge is 0.380 e. The Morgan fingerprint density at radius 1 is 1.11 bits per heavy atom. The monoisotopic (exact) mass is 295 g/mol. The summed E-state index contributed by atoms with van der Waals surface area (Å²) in [6.45, 7) is 0. The third-order valence-corrected chi connectivity index (χ3v) is 3.81. The van der Waals surface area contributed by atoms with Gasteiger partial charge in [0.1, 0.15) is 5.60 Å². The summed E-state index contributed by atoms with van der Waals surface area (Å²) in [5.41, 5.74) is 0.816. The molecule has 1 aromatic heterocycles. The highest BCUT2D eigenvalue weighted by atomic mass is 35.5. The van der Waals surface area contributed by atoms with Crippen molar-refractivity contribution in [3.63, 3.8) is 0 Å². The number of halogens is 2. The second kappa shape index (κ2) is 5.49. The van der Waals surface area contributed by atoms with Gasteiger partial charge < -0.3 is 5.11 Å². The number of benzene rings is 1. The first-order valence-electron chi connectivity index (χ1n) is 6.10. The SMILES string of the molecule is Cl.OC(c1ccc(Cl)cc1)(c1cccnc1)C1CC1. The zero-order valence-corrected chi connectivity index (χ0v) is 11.9. The molecule has 1 aromatic carbocycles. The van der Waals surface area contributed by atoms with Gasteiger partial charge in [-0.15, -0.1) is 12.4 Å². The van der Waals surface area contributed by atoms with Crippen molar-refractivity contribution in [2.45, 2.75) is 18.4 Å². The second-order valence-electron chi connectivity index (χ2n) is 4.79. The van der Waals surface area contributed by atoms with Crippen LogP contribution < -0.4 is 0 Å². The van der Waals surface area contributed by atoms with Gasteiger partial charge in [-0.1, -0.05) is 29.8 Å². The predicted molar refractivity (Wildman–Crippen MR) is 78.7 cm³/mol. The summed E-state index contributed by atoms with van der Waals surface area (Å²) < 4.78 is 0. The summed E-state index contributed by atoms with van der Waals surface area (Å²) in [4.78, 5) is 4.12. The molecule has 1 aliphatic rings. The number of rotatable bonds is 3. The lowest BCUT2D eigenvalue weighted by Crippen LogP contribution is -2.29. The predicted octanol–water partition coefficient (Wildman–Crippen LogP) is 3.80. The number of aliphatic hydroxyl groups is 1. The molecule has 0 saturated heterocycles. The van der Waals surface area contributed by atoms with E-state index in [1.54, 1.807) is 12.4 Å². The van der Waals surface area contributed by atoms with E-state index in [1.807, 2.05) is 36.4 Å². The molecule has 2 nitrogen and oxygen atoms in total. The molecule has 1 heterocycles. The van der Waals surface area contributed by atoms with Gasteiger partial charge in [-0.25, -0.2) is 0 Å². The van der Waals surface area contributed by atoms with E-state index >= 15 is 0 Å². The summed E-state index contributed by atoms with van der Waals surface area (Å²) in [5.74, 6) is 0.280. The van der Waals surface area contributed by atoms with Crippen LogP contribution in [0.5, 0.6) is 0 Å². The summed E-state index contributed by atoms with van der Waals surface area (Å²) in [6, 6.07) is 11.2. The normalized spacial score (nSPS) is 17.4. The molecule has 1 aliphatic carbocycles. The molecule has 3 rings (SSSR count). The van der Waals surface area contributed by atoms with E-state index in [1.165, 1.54) is 0 Å². The fourth-order valence-corrected chi connectivity index (χ4v) is 2.56. The number of hydrogen-bond donors (Lipinski definition) is 1. The van der Waals surface area contributed by atoms with Crippen LogP contribution in [0, 0.1) is 5.92 Å². The molecule has 0 radical (unpaired) electrons. The number of aromatic nitrogens is 1. The molecule has 100 valence electrons. The van der Waals surface area contributed by atoms with Crippen LogP contribution in [0.3, 0.4) is 0 Å². The van der Waals surface area contributed by atoms with Gasteiger partial charge in [0, 0.05) is 23.0 Å². The van der Waals surface area contributed by atoms with Gasteiger partial charge in [-0.05, 0) is 42.5 Å². The third kappa shape index (κ3) is 2.62. The summed E-state index contributed by atoms with van der Waals surface area (Å²) >= 11 is 5.91. The molecule has 1 unspecified atom stereocenters. The number of hydrogen-bond acceptors (Lipinski definition) is 2. The van der Waals surface area contributed by atoms with Crippen molar-refractivity contribution in [1.29, 1.82) is 0 Å². The highest BCUT2D eigenvalue weighted by molar-refractivity contribution is 6.30. The van der Waals surface area contributed by atoms with Crippen LogP contribution in [0.4, 0.5) is 0 Å². The lowest BCUT2D eigenvalue weighted by molar-refractivity contribution is 0.0561. The van der Waals surface area contributed by atoms with E-state index in [0.717, 1.165) is 24.0 Å². The summed E-state index contributed by atoms with van der Waals surface area (Å²) in [6.07, 6.45) is 5.56. The lowest BCUT2D eigenvalue weighted by Gasteiger charge is -2.29. The molecule has 0 amide bonds. The molecular formula is C15H15Cl2NO. The van der Waals surface area contributed by atoms with Gasteiger partial charge in [-0.3, -0.25) is 4.98 Å².